The molecule has 0 radical (unpaired) electrons. The van der Waals surface area contributed by atoms with E-state index in [1.807, 2.05) is 41.8 Å². The van der Waals surface area contributed by atoms with E-state index in [1.165, 1.54) is 0 Å². The van der Waals surface area contributed by atoms with Crippen LogP contribution in [-0.4, -0.2) is 32.7 Å². The topological polar surface area (TPSA) is 89.9 Å². The Labute approximate surface area is 171 Å². The average Bonchev–Trinajstić information content (AvgIpc) is 3.26. The summed E-state index contributed by atoms with van der Waals surface area (Å²) in [7, 11) is 0. The summed E-state index contributed by atoms with van der Waals surface area (Å²) < 4.78 is 4.91. The highest BCUT2D eigenvalue weighted by atomic mass is 32.1. The van der Waals surface area contributed by atoms with Crippen molar-refractivity contribution in [2.75, 3.05) is 11.9 Å². The van der Waals surface area contributed by atoms with Crippen molar-refractivity contribution >= 4 is 28.8 Å². The second-order valence-electron chi connectivity index (χ2n) is 6.00. The molecule has 3 heterocycles. The molecule has 0 amide bonds. The number of nitrogens with zero attached hydrogens (tertiary/aromatic N) is 4. The minimum atomic E-state index is -0.484. The molecular formula is C21H17N5O2S. The number of pyridine rings is 1. The van der Waals surface area contributed by atoms with Crippen molar-refractivity contribution in [3.63, 3.8) is 0 Å². The van der Waals surface area contributed by atoms with Crippen molar-refractivity contribution < 1.29 is 9.53 Å². The van der Waals surface area contributed by atoms with Gasteiger partial charge in [-0.15, -0.1) is 21.5 Å². The third-order valence-corrected chi connectivity index (χ3v) is 4.90. The number of esters is 1. The second-order valence-corrected chi connectivity index (χ2v) is 6.86. The Morgan fingerprint density at radius 1 is 1.07 bits per heavy atom. The van der Waals surface area contributed by atoms with Crippen LogP contribution < -0.4 is 5.32 Å². The van der Waals surface area contributed by atoms with E-state index in [9.17, 15) is 4.79 Å². The normalized spacial score (nSPS) is 10.5. The molecule has 4 rings (SSSR count). The van der Waals surface area contributed by atoms with Crippen LogP contribution in [-0.2, 0) is 4.74 Å². The maximum atomic E-state index is 11.7. The number of carbonyl (C=O) groups is 1. The van der Waals surface area contributed by atoms with Crippen LogP contribution in [0.25, 0.3) is 21.8 Å². The van der Waals surface area contributed by atoms with Gasteiger partial charge in [-0.2, -0.15) is 0 Å². The molecular weight excluding hydrogens is 386 g/mol. The molecule has 0 unspecified atom stereocenters. The third kappa shape index (κ3) is 4.44. The first-order valence-corrected chi connectivity index (χ1v) is 9.85. The molecule has 1 N–H and O–H groups in total. The van der Waals surface area contributed by atoms with Crippen LogP contribution in [0.1, 0.15) is 17.4 Å². The van der Waals surface area contributed by atoms with Gasteiger partial charge in [-0.25, -0.2) is 9.78 Å². The largest absolute Gasteiger partial charge is 0.461 e. The van der Waals surface area contributed by atoms with Crippen LogP contribution in [0.4, 0.5) is 11.5 Å². The predicted molar refractivity (Wildman–Crippen MR) is 112 cm³/mol. The first kappa shape index (κ1) is 18.7. The van der Waals surface area contributed by atoms with Crippen molar-refractivity contribution in [3.8, 4) is 21.8 Å². The van der Waals surface area contributed by atoms with Gasteiger partial charge in [0.15, 0.2) is 11.5 Å². The lowest BCUT2D eigenvalue weighted by atomic mass is 10.1. The minimum Gasteiger partial charge on any atom is -0.461 e. The maximum absolute atomic E-state index is 11.7. The molecule has 3 aromatic heterocycles. The van der Waals surface area contributed by atoms with Crippen molar-refractivity contribution in [2.24, 2.45) is 0 Å². The van der Waals surface area contributed by atoms with E-state index in [0.29, 0.717) is 12.4 Å². The number of carbonyl (C=O) groups excluding carboxylic acids is 1. The summed E-state index contributed by atoms with van der Waals surface area (Å²) in [6, 6.07) is 15.0. The number of hydrogen-bond donors (Lipinski definition) is 1. The number of thiazole rings is 1. The summed E-state index contributed by atoms with van der Waals surface area (Å²) in [5.74, 6) is 0.0491. The lowest BCUT2D eigenvalue weighted by Crippen LogP contribution is -2.08. The first-order valence-electron chi connectivity index (χ1n) is 8.97. The Morgan fingerprint density at radius 2 is 1.93 bits per heavy atom. The highest BCUT2D eigenvalue weighted by molar-refractivity contribution is 7.13. The highest BCUT2D eigenvalue weighted by Gasteiger charge is 2.10. The Balaban J connectivity index is 1.51. The van der Waals surface area contributed by atoms with E-state index in [1.54, 1.807) is 42.8 Å². The fraction of sp³-hybridized carbons (Fsp3) is 0.0952. The van der Waals surface area contributed by atoms with Gasteiger partial charge in [-0.1, -0.05) is 12.1 Å². The molecule has 4 aromatic rings. The molecule has 29 heavy (non-hydrogen) atoms. The molecule has 8 heteroatoms. The lowest BCUT2D eigenvalue weighted by molar-refractivity contribution is 0.0518. The molecule has 0 saturated heterocycles. The van der Waals surface area contributed by atoms with Crippen LogP contribution >= 0.6 is 11.3 Å². The number of hydrogen-bond acceptors (Lipinski definition) is 8. The lowest BCUT2D eigenvalue weighted by Gasteiger charge is -2.07. The van der Waals surface area contributed by atoms with E-state index >= 15 is 0 Å². The molecule has 0 aliphatic rings. The zero-order chi connectivity index (χ0) is 20.1. The number of nitrogens with one attached hydrogen (secondary N) is 1. The van der Waals surface area contributed by atoms with Crippen molar-refractivity contribution in [1.82, 2.24) is 20.2 Å². The van der Waals surface area contributed by atoms with Crippen LogP contribution in [0.15, 0.2) is 66.3 Å². The van der Waals surface area contributed by atoms with E-state index in [-0.39, 0.29) is 5.69 Å². The number of aromatic nitrogens is 4. The average molecular weight is 403 g/mol. The summed E-state index contributed by atoms with van der Waals surface area (Å²) in [5, 5.41) is 14.1. The van der Waals surface area contributed by atoms with Gasteiger partial charge in [0.2, 0.25) is 0 Å². The van der Waals surface area contributed by atoms with Gasteiger partial charge in [0.05, 0.1) is 12.3 Å². The number of anilines is 2. The van der Waals surface area contributed by atoms with Crippen LogP contribution in [0, 0.1) is 0 Å². The Bertz CT molecular complexity index is 1110. The van der Waals surface area contributed by atoms with E-state index in [4.69, 9.17) is 9.72 Å². The van der Waals surface area contributed by atoms with E-state index < -0.39 is 5.97 Å². The van der Waals surface area contributed by atoms with E-state index in [2.05, 4.69) is 20.5 Å². The molecule has 0 bridgehead atoms. The SMILES string of the molecule is CCOC(=O)c1ccc(Nc2cccc(-c3csc(-c4ccncc4)n3)c2)nn1. The minimum absolute atomic E-state index is 0.178. The fourth-order valence-corrected chi connectivity index (χ4v) is 3.49. The van der Waals surface area contributed by atoms with Crippen LogP contribution in [0.5, 0.6) is 0 Å². The highest BCUT2D eigenvalue weighted by Crippen LogP contribution is 2.30. The van der Waals surface area contributed by atoms with Crippen molar-refractivity contribution in [2.45, 2.75) is 6.92 Å². The van der Waals surface area contributed by atoms with Gasteiger partial charge in [0.1, 0.15) is 5.01 Å². The number of rotatable bonds is 6. The Morgan fingerprint density at radius 3 is 2.69 bits per heavy atom. The molecule has 7 nitrogen and oxygen atoms in total. The molecule has 0 saturated carbocycles. The molecule has 0 aliphatic carbocycles. The smallest absolute Gasteiger partial charge is 0.358 e. The molecule has 0 aliphatic heterocycles. The van der Waals surface area contributed by atoms with Gasteiger partial charge in [-0.3, -0.25) is 4.98 Å². The monoisotopic (exact) mass is 403 g/mol. The molecule has 0 fully saturated rings. The summed E-state index contributed by atoms with van der Waals surface area (Å²) in [4.78, 5) is 20.4. The zero-order valence-electron chi connectivity index (χ0n) is 15.6. The number of ether oxygens (including phenoxy) is 1. The summed E-state index contributed by atoms with van der Waals surface area (Å²) in [6.07, 6.45) is 3.52. The van der Waals surface area contributed by atoms with E-state index in [0.717, 1.165) is 27.5 Å². The first-order chi connectivity index (χ1) is 14.2. The summed E-state index contributed by atoms with van der Waals surface area (Å²) in [5.41, 5.74) is 3.95. The molecule has 1 aromatic carbocycles. The summed E-state index contributed by atoms with van der Waals surface area (Å²) >= 11 is 1.59. The third-order valence-electron chi connectivity index (χ3n) is 4.01. The molecule has 0 spiro atoms. The van der Waals surface area contributed by atoms with Gasteiger partial charge >= 0.3 is 5.97 Å². The molecule has 144 valence electrons. The van der Waals surface area contributed by atoms with Crippen LogP contribution in [0.3, 0.4) is 0 Å². The summed E-state index contributed by atoms with van der Waals surface area (Å²) in [6.45, 7) is 2.05. The standard InChI is InChI=1S/C21H17N5O2S/c1-2-28-21(27)17-6-7-19(26-25-17)23-16-5-3-4-15(12-16)18-13-29-20(24-18)14-8-10-22-11-9-14/h3-13H,2H2,1H3,(H,23,26). The van der Waals surface area contributed by atoms with Gasteiger partial charge in [0.25, 0.3) is 0 Å². The Kier molecular flexibility index (Phi) is 5.53. The maximum Gasteiger partial charge on any atom is 0.358 e. The zero-order valence-corrected chi connectivity index (χ0v) is 16.4. The van der Waals surface area contributed by atoms with Gasteiger partial charge in [0, 0.05) is 34.6 Å². The predicted octanol–water partition coefficient (Wildman–Crippen LogP) is 4.58. The fourth-order valence-electron chi connectivity index (χ4n) is 2.65. The van der Waals surface area contributed by atoms with Crippen molar-refractivity contribution in [3.05, 3.63) is 72.0 Å². The van der Waals surface area contributed by atoms with Gasteiger partial charge < -0.3 is 10.1 Å². The Hall–Kier alpha value is -3.65. The van der Waals surface area contributed by atoms with Crippen molar-refractivity contribution in [1.29, 1.82) is 0 Å². The van der Waals surface area contributed by atoms with Crippen LogP contribution in [0.2, 0.25) is 0 Å². The molecule has 0 atom stereocenters. The second kappa shape index (κ2) is 8.57. The number of benzene rings is 1. The quantitative estimate of drug-likeness (QED) is 0.471. The van der Waals surface area contributed by atoms with Gasteiger partial charge in [-0.05, 0) is 43.3 Å².